The van der Waals surface area contributed by atoms with Crippen molar-refractivity contribution in [2.24, 2.45) is 0 Å². The van der Waals surface area contributed by atoms with Gasteiger partial charge in [0, 0.05) is 29.4 Å². The Morgan fingerprint density at radius 3 is 2.72 bits per heavy atom. The van der Waals surface area contributed by atoms with Gasteiger partial charge in [-0.15, -0.1) is 0 Å². The van der Waals surface area contributed by atoms with Gasteiger partial charge in [-0.3, -0.25) is 9.59 Å². The molecule has 32 heavy (non-hydrogen) atoms. The molecule has 5 rings (SSSR count). The average molecular weight is 448 g/mol. The summed E-state index contributed by atoms with van der Waals surface area (Å²) >= 11 is 1.34. The molecule has 2 aromatic carbocycles. The maximum Gasteiger partial charge on any atom is 0.257 e. The van der Waals surface area contributed by atoms with Crippen molar-refractivity contribution in [1.82, 2.24) is 9.97 Å². The molecule has 2 aliphatic rings. The lowest BCUT2D eigenvalue weighted by molar-refractivity contribution is -0.116. The van der Waals surface area contributed by atoms with Gasteiger partial charge in [0.15, 0.2) is 10.9 Å². The number of benzene rings is 2. The number of aryl methyl sites for hydroxylation is 1. The summed E-state index contributed by atoms with van der Waals surface area (Å²) in [6.07, 6.45) is 2.03. The van der Waals surface area contributed by atoms with Crippen molar-refractivity contribution in [2.45, 2.75) is 43.0 Å². The molecule has 1 aliphatic carbocycles. The van der Waals surface area contributed by atoms with Crippen LogP contribution in [0.3, 0.4) is 0 Å². The molecule has 2 heterocycles. The molecular weight excluding hydrogens is 425 g/mol. The van der Waals surface area contributed by atoms with Crippen molar-refractivity contribution in [3.8, 4) is 0 Å². The highest BCUT2D eigenvalue weighted by molar-refractivity contribution is 7.98. The molecule has 162 valence electrons. The van der Waals surface area contributed by atoms with Crippen molar-refractivity contribution < 1.29 is 9.18 Å². The number of aromatic nitrogens is 2. The van der Waals surface area contributed by atoms with Crippen molar-refractivity contribution in [3.05, 3.63) is 98.2 Å². The third-order valence-electron chi connectivity index (χ3n) is 5.91. The summed E-state index contributed by atoms with van der Waals surface area (Å²) < 4.78 is 13.5. The summed E-state index contributed by atoms with van der Waals surface area (Å²) in [5.74, 6) is 0.327. The number of ketones is 1. The number of hydrogen-bond donors (Lipinski definition) is 2. The van der Waals surface area contributed by atoms with Crippen LogP contribution in [-0.4, -0.2) is 15.8 Å². The molecule has 0 radical (unpaired) electrons. The van der Waals surface area contributed by atoms with Gasteiger partial charge in [0.05, 0.1) is 5.56 Å². The van der Waals surface area contributed by atoms with E-state index in [2.05, 4.69) is 15.3 Å². The first kappa shape index (κ1) is 20.7. The van der Waals surface area contributed by atoms with E-state index in [1.54, 1.807) is 6.07 Å². The van der Waals surface area contributed by atoms with E-state index in [1.165, 1.54) is 23.9 Å². The molecule has 2 N–H and O–H groups in total. The summed E-state index contributed by atoms with van der Waals surface area (Å²) in [4.78, 5) is 33.7. The minimum absolute atomic E-state index is 0.0823. The Kier molecular flexibility index (Phi) is 5.43. The van der Waals surface area contributed by atoms with E-state index in [1.807, 2.05) is 37.3 Å². The standard InChI is InChI=1S/C25H22FN3O2S/c1-14-8-10-16(11-9-14)20-21-18(6-3-7-19(21)30)27-23-22(20)24(31)29-25(28-23)32-13-15-4-2-5-17(26)12-15/h2,4-5,8-12,20H,3,6-7,13H2,1H3,(H2,27,28,29,31). The van der Waals surface area contributed by atoms with Gasteiger partial charge < -0.3 is 10.3 Å². The maximum absolute atomic E-state index is 13.5. The fraction of sp³-hybridized carbons (Fsp3) is 0.240. The third kappa shape index (κ3) is 3.88. The number of allylic oxidation sites excluding steroid dienone is 2. The molecule has 1 unspecified atom stereocenters. The van der Waals surface area contributed by atoms with Gasteiger partial charge in [0.2, 0.25) is 0 Å². The first-order chi connectivity index (χ1) is 15.5. The SMILES string of the molecule is Cc1ccc(C2C3=C(CCCC3=O)Nc3nc(SCc4cccc(F)c4)[nH]c(=O)c32)cc1. The fourth-order valence-corrected chi connectivity index (χ4v) is 5.18. The second-order valence-corrected chi connectivity index (χ2v) is 9.15. The van der Waals surface area contributed by atoms with Crippen molar-refractivity contribution in [3.63, 3.8) is 0 Å². The number of rotatable bonds is 4. The molecule has 3 aromatic rings. The van der Waals surface area contributed by atoms with Crippen LogP contribution >= 0.6 is 11.8 Å². The van der Waals surface area contributed by atoms with E-state index in [0.29, 0.717) is 34.3 Å². The number of nitrogens with one attached hydrogen (secondary N) is 2. The molecule has 0 saturated heterocycles. The Balaban J connectivity index is 1.55. The van der Waals surface area contributed by atoms with Crippen LogP contribution in [0.25, 0.3) is 0 Å². The van der Waals surface area contributed by atoms with E-state index in [4.69, 9.17) is 0 Å². The van der Waals surface area contributed by atoms with Gasteiger partial charge in [0.25, 0.3) is 5.56 Å². The van der Waals surface area contributed by atoms with Gasteiger partial charge in [0.1, 0.15) is 11.6 Å². The Labute approximate surface area is 189 Å². The van der Waals surface area contributed by atoms with E-state index in [9.17, 15) is 14.0 Å². The smallest absolute Gasteiger partial charge is 0.257 e. The van der Waals surface area contributed by atoms with Gasteiger partial charge in [-0.2, -0.15) is 0 Å². The molecule has 0 bridgehead atoms. The van der Waals surface area contributed by atoms with Crippen LogP contribution in [0.15, 0.2) is 69.8 Å². The van der Waals surface area contributed by atoms with Crippen LogP contribution in [-0.2, 0) is 10.5 Å². The van der Waals surface area contributed by atoms with E-state index in [0.717, 1.165) is 35.2 Å². The summed E-state index contributed by atoms with van der Waals surface area (Å²) in [7, 11) is 0. The lowest BCUT2D eigenvalue weighted by Gasteiger charge is -2.32. The Hall–Kier alpha value is -3.19. The zero-order valence-electron chi connectivity index (χ0n) is 17.6. The van der Waals surface area contributed by atoms with E-state index < -0.39 is 5.92 Å². The lowest BCUT2D eigenvalue weighted by Crippen LogP contribution is -2.32. The molecular formula is C25H22FN3O2S. The van der Waals surface area contributed by atoms with Crippen molar-refractivity contribution >= 4 is 23.4 Å². The number of anilines is 1. The molecule has 1 atom stereocenters. The largest absolute Gasteiger partial charge is 0.343 e. The van der Waals surface area contributed by atoms with Crippen molar-refractivity contribution in [2.75, 3.05) is 5.32 Å². The second kappa shape index (κ2) is 8.39. The highest BCUT2D eigenvalue weighted by Crippen LogP contribution is 2.43. The molecule has 0 amide bonds. The maximum atomic E-state index is 13.5. The first-order valence-electron chi connectivity index (χ1n) is 10.6. The number of aromatic amines is 1. The second-order valence-electron chi connectivity index (χ2n) is 8.19. The van der Waals surface area contributed by atoms with E-state index in [-0.39, 0.29) is 17.2 Å². The molecule has 1 aromatic heterocycles. The highest BCUT2D eigenvalue weighted by atomic mass is 32.2. The Bertz CT molecular complexity index is 1300. The third-order valence-corrected chi connectivity index (χ3v) is 6.86. The summed E-state index contributed by atoms with van der Waals surface area (Å²) in [5, 5.41) is 3.74. The van der Waals surface area contributed by atoms with Crippen LogP contribution in [0.1, 0.15) is 47.4 Å². The van der Waals surface area contributed by atoms with Crippen LogP contribution in [0.2, 0.25) is 0 Å². The summed E-state index contributed by atoms with van der Waals surface area (Å²) in [6, 6.07) is 14.3. The summed E-state index contributed by atoms with van der Waals surface area (Å²) in [6.45, 7) is 2.01. The molecule has 0 saturated carbocycles. The summed E-state index contributed by atoms with van der Waals surface area (Å²) in [5.41, 5.74) is 4.58. The Morgan fingerprint density at radius 2 is 1.94 bits per heavy atom. The predicted octanol–water partition coefficient (Wildman–Crippen LogP) is 5.07. The number of Topliss-reactive ketones (excluding diaryl/α,β-unsaturated/α-hetero) is 1. The normalized spacial score (nSPS) is 17.6. The van der Waals surface area contributed by atoms with Crippen LogP contribution < -0.4 is 10.9 Å². The Morgan fingerprint density at radius 1 is 1.12 bits per heavy atom. The quantitative estimate of drug-likeness (QED) is 0.431. The minimum atomic E-state index is -0.437. The monoisotopic (exact) mass is 447 g/mol. The number of thioether (sulfide) groups is 1. The average Bonchev–Trinajstić information content (AvgIpc) is 2.77. The number of nitrogens with zero attached hydrogens (tertiary/aromatic N) is 1. The number of hydrogen-bond acceptors (Lipinski definition) is 5. The van der Waals surface area contributed by atoms with Gasteiger partial charge in [-0.25, -0.2) is 9.37 Å². The molecule has 1 aliphatic heterocycles. The number of carbonyl (C=O) groups excluding carboxylic acids is 1. The first-order valence-corrected chi connectivity index (χ1v) is 11.6. The fourth-order valence-electron chi connectivity index (χ4n) is 4.38. The molecule has 0 fully saturated rings. The number of H-pyrrole nitrogens is 1. The zero-order chi connectivity index (χ0) is 22.2. The van der Waals surface area contributed by atoms with Crippen LogP contribution in [0, 0.1) is 12.7 Å². The van der Waals surface area contributed by atoms with E-state index >= 15 is 0 Å². The molecule has 7 heteroatoms. The van der Waals surface area contributed by atoms with Gasteiger partial charge >= 0.3 is 0 Å². The zero-order valence-corrected chi connectivity index (χ0v) is 18.4. The van der Waals surface area contributed by atoms with Crippen LogP contribution in [0.5, 0.6) is 0 Å². The molecule has 0 spiro atoms. The van der Waals surface area contributed by atoms with Gasteiger partial charge in [-0.05, 0) is 43.0 Å². The number of halogens is 1. The molecule has 5 nitrogen and oxygen atoms in total. The topological polar surface area (TPSA) is 74.8 Å². The number of fused-ring (bicyclic) bond motifs is 1. The predicted molar refractivity (Wildman–Crippen MR) is 123 cm³/mol. The highest BCUT2D eigenvalue weighted by Gasteiger charge is 2.37. The van der Waals surface area contributed by atoms with Crippen molar-refractivity contribution in [1.29, 1.82) is 0 Å². The number of carbonyl (C=O) groups is 1. The minimum Gasteiger partial charge on any atom is -0.343 e. The lowest BCUT2D eigenvalue weighted by atomic mass is 9.76. The van der Waals surface area contributed by atoms with Crippen LogP contribution in [0.4, 0.5) is 10.2 Å². The van der Waals surface area contributed by atoms with Gasteiger partial charge in [-0.1, -0.05) is 53.7 Å².